The fourth-order valence-corrected chi connectivity index (χ4v) is 4.11. The number of nitrogens with one attached hydrogen (secondary N) is 1. The van der Waals surface area contributed by atoms with Crippen LogP contribution in [0.1, 0.15) is 21.6 Å². The molecule has 29 heavy (non-hydrogen) atoms. The second-order valence-corrected chi connectivity index (χ2v) is 8.36. The van der Waals surface area contributed by atoms with Crippen LogP contribution in [0.4, 0.5) is 5.69 Å². The average molecular weight is 423 g/mol. The van der Waals surface area contributed by atoms with Gasteiger partial charge in [-0.05, 0) is 66.2 Å². The Hall–Kier alpha value is -2.89. The first-order valence-corrected chi connectivity index (χ1v) is 10.4. The second-order valence-electron chi connectivity index (χ2n) is 6.97. The zero-order chi connectivity index (χ0) is 20.5. The molecule has 0 fully saturated rings. The van der Waals surface area contributed by atoms with E-state index in [0.29, 0.717) is 16.3 Å². The highest BCUT2D eigenvalue weighted by molar-refractivity contribution is 7.11. The summed E-state index contributed by atoms with van der Waals surface area (Å²) < 4.78 is 0. The molecule has 6 heteroatoms. The maximum Gasteiger partial charge on any atom is 0.278 e. The molecule has 0 atom stereocenters. The molecule has 4 rings (SSSR count). The van der Waals surface area contributed by atoms with Gasteiger partial charge in [0.05, 0.1) is 12.1 Å². The highest BCUT2D eigenvalue weighted by Gasteiger charge is 2.39. The fourth-order valence-electron chi connectivity index (χ4n) is 3.22. The van der Waals surface area contributed by atoms with Gasteiger partial charge in [0, 0.05) is 15.6 Å². The molecule has 0 saturated heterocycles. The number of carbonyl (C=O) groups is 2. The molecule has 0 unspecified atom stereocenters. The molecular weight excluding hydrogens is 404 g/mol. The summed E-state index contributed by atoms with van der Waals surface area (Å²) in [5, 5.41) is 5.72. The van der Waals surface area contributed by atoms with Gasteiger partial charge in [0.25, 0.3) is 11.8 Å². The van der Waals surface area contributed by atoms with E-state index in [1.54, 1.807) is 12.1 Å². The number of amides is 2. The molecule has 0 radical (unpaired) electrons. The summed E-state index contributed by atoms with van der Waals surface area (Å²) in [7, 11) is 0. The van der Waals surface area contributed by atoms with E-state index < -0.39 is 0 Å². The normalized spacial score (nSPS) is 14.1. The maximum atomic E-state index is 13.2. The monoisotopic (exact) mass is 422 g/mol. The standard InChI is InChI=1S/C23H19ClN2O2S/c1-14-5-10-18(12-15(14)2)25-21-20(19-4-3-11-29-19)22(27)26(23(21)28)13-16-6-8-17(24)9-7-16/h3-12,25H,13H2,1-2H3. The van der Waals surface area contributed by atoms with Gasteiger partial charge in [-0.25, -0.2) is 0 Å². The van der Waals surface area contributed by atoms with Crippen LogP contribution in [-0.2, 0) is 16.1 Å². The van der Waals surface area contributed by atoms with Crippen molar-refractivity contribution in [3.63, 3.8) is 0 Å². The summed E-state index contributed by atoms with van der Waals surface area (Å²) in [6, 6.07) is 16.8. The summed E-state index contributed by atoms with van der Waals surface area (Å²) in [5.41, 5.74) is 4.64. The van der Waals surface area contributed by atoms with Crippen LogP contribution in [-0.4, -0.2) is 16.7 Å². The van der Waals surface area contributed by atoms with Crippen molar-refractivity contribution < 1.29 is 9.59 Å². The van der Waals surface area contributed by atoms with Gasteiger partial charge in [-0.3, -0.25) is 14.5 Å². The lowest BCUT2D eigenvalue weighted by Gasteiger charge is -2.15. The van der Waals surface area contributed by atoms with Crippen molar-refractivity contribution in [2.75, 3.05) is 5.32 Å². The summed E-state index contributed by atoms with van der Waals surface area (Å²) in [5.74, 6) is -0.620. The van der Waals surface area contributed by atoms with Gasteiger partial charge in [0.1, 0.15) is 5.70 Å². The third-order valence-electron chi connectivity index (χ3n) is 4.97. The van der Waals surface area contributed by atoms with Gasteiger partial charge in [0.15, 0.2) is 0 Å². The number of rotatable bonds is 5. The van der Waals surface area contributed by atoms with E-state index in [2.05, 4.69) is 5.32 Å². The molecule has 1 aliphatic rings. The zero-order valence-corrected chi connectivity index (χ0v) is 17.6. The van der Waals surface area contributed by atoms with Crippen LogP contribution >= 0.6 is 22.9 Å². The predicted octanol–water partition coefficient (Wildman–Crippen LogP) is 5.41. The van der Waals surface area contributed by atoms with Crippen molar-refractivity contribution in [3.05, 3.63) is 92.3 Å². The Kier molecular flexibility index (Phi) is 5.26. The van der Waals surface area contributed by atoms with E-state index in [0.717, 1.165) is 21.7 Å². The maximum absolute atomic E-state index is 13.2. The van der Waals surface area contributed by atoms with E-state index >= 15 is 0 Å². The number of hydrogen-bond acceptors (Lipinski definition) is 4. The molecular formula is C23H19ClN2O2S. The van der Waals surface area contributed by atoms with E-state index in [-0.39, 0.29) is 18.4 Å². The molecule has 0 saturated carbocycles. The third kappa shape index (κ3) is 3.84. The van der Waals surface area contributed by atoms with E-state index in [9.17, 15) is 9.59 Å². The van der Waals surface area contributed by atoms with Crippen molar-refractivity contribution in [2.45, 2.75) is 20.4 Å². The van der Waals surface area contributed by atoms with Crippen LogP contribution in [0, 0.1) is 13.8 Å². The molecule has 0 aliphatic carbocycles. The highest BCUT2D eigenvalue weighted by Crippen LogP contribution is 2.34. The van der Waals surface area contributed by atoms with Crippen LogP contribution in [0.25, 0.3) is 5.57 Å². The smallest absolute Gasteiger partial charge is 0.278 e. The topological polar surface area (TPSA) is 49.4 Å². The lowest BCUT2D eigenvalue weighted by Crippen LogP contribution is -2.31. The molecule has 4 nitrogen and oxygen atoms in total. The Morgan fingerprint density at radius 2 is 1.72 bits per heavy atom. The Balaban J connectivity index is 1.70. The Morgan fingerprint density at radius 3 is 2.38 bits per heavy atom. The van der Waals surface area contributed by atoms with E-state index in [1.807, 2.05) is 61.7 Å². The molecule has 0 spiro atoms. The molecule has 3 aromatic rings. The largest absolute Gasteiger partial charge is 0.350 e. The SMILES string of the molecule is Cc1ccc(NC2=C(c3cccs3)C(=O)N(Cc3ccc(Cl)cc3)C2=O)cc1C. The van der Waals surface area contributed by atoms with Crippen molar-refractivity contribution in [2.24, 2.45) is 0 Å². The number of halogens is 1. The van der Waals surface area contributed by atoms with Crippen LogP contribution < -0.4 is 5.32 Å². The van der Waals surface area contributed by atoms with Crippen LogP contribution in [0.5, 0.6) is 0 Å². The summed E-state index contributed by atoms with van der Waals surface area (Å²) in [6.07, 6.45) is 0. The molecule has 1 aliphatic heterocycles. The van der Waals surface area contributed by atoms with Crippen molar-refractivity contribution >= 4 is 46.0 Å². The molecule has 2 heterocycles. The molecule has 146 valence electrons. The van der Waals surface area contributed by atoms with E-state index in [4.69, 9.17) is 11.6 Å². The molecule has 1 aromatic heterocycles. The van der Waals surface area contributed by atoms with Crippen molar-refractivity contribution in [3.8, 4) is 0 Å². The first kappa shape index (κ1) is 19.4. The van der Waals surface area contributed by atoms with Gasteiger partial charge in [0.2, 0.25) is 0 Å². The molecule has 0 bridgehead atoms. The van der Waals surface area contributed by atoms with Crippen molar-refractivity contribution in [1.82, 2.24) is 4.90 Å². The second kappa shape index (κ2) is 7.85. The lowest BCUT2D eigenvalue weighted by atomic mass is 10.1. The Labute approximate surface area is 178 Å². The Morgan fingerprint density at radius 1 is 0.966 bits per heavy atom. The number of nitrogens with zero attached hydrogens (tertiary/aromatic N) is 1. The zero-order valence-electron chi connectivity index (χ0n) is 16.0. The summed E-state index contributed by atoms with van der Waals surface area (Å²) in [6.45, 7) is 4.25. The molecule has 2 amide bonds. The van der Waals surface area contributed by atoms with Crippen LogP contribution in [0.3, 0.4) is 0 Å². The first-order valence-electron chi connectivity index (χ1n) is 9.17. The van der Waals surface area contributed by atoms with E-state index in [1.165, 1.54) is 21.8 Å². The molecule has 1 N–H and O–H groups in total. The number of imide groups is 1. The minimum atomic E-state index is -0.327. The fraction of sp³-hybridized carbons (Fsp3) is 0.130. The minimum absolute atomic E-state index is 0.196. The van der Waals surface area contributed by atoms with Gasteiger partial charge in [-0.2, -0.15) is 0 Å². The number of hydrogen-bond donors (Lipinski definition) is 1. The number of aryl methyl sites for hydroxylation is 2. The van der Waals surface area contributed by atoms with Gasteiger partial charge >= 0.3 is 0 Å². The number of carbonyl (C=O) groups excluding carboxylic acids is 2. The minimum Gasteiger partial charge on any atom is -0.350 e. The molecule has 2 aromatic carbocycles. The highest BCUT2D eigenvalue weighted by atomic mass is 35.5. The van der Waals surface area contributed by atoms with Crippen LogP contribution in [0.2, 0.25) is 5.02 Å². The number of thiophene rings is 1. The summed E-state index contributed by atoms with van der Waals surface area (Å²) in [4.78, 5) is 28.5. The Bertz CT molecular complexity index is 1120. The third-order valence-corrected chi connectivity index (χ3v) is 6.11. The van der Waals surface area contributed by atoms with Crippen LogP contribution in [0.15, 0.2) is 65.7 Å². The van der Waals surface area contributed by atoms with Gasteiger partial charge in [-0.15, -0.1) is 11.3 Å². The quantitative estimate of drug-likeness (QED) is 0.559. The predicted molar refractivity (Wildman–Crippen MR) is 118 cm³/mol. The lowest BCUT2D eigenvalue weighted by molar-refractivity contribution is -0.137. The van der Waals surface area contributed by atoms with Crippen molar-refractivity contribution in [1.29, 1.82) is 0 Å². The average Bonchev–Trinajstić information content (AvgIpc) is 3.30. The van der Waals surface area contributed by atoms with Gasteiger partial charge < -0.3 is 5.32 Å². The number of benzene rings is 2. The van der Waals surface area contributed by atoms with Gasteiger partial charge in [-0.1, -0.05) is 35.9 Å². The number of anilines is 1. The first-order chi connectivity index (χ1) is 13.9. The summed E-state index contributed by atoms with van der Waals surface area (Å²) >= 11 is 7.39.